The molecule has 0 saturated carbocycles. The molecule has 174 valence electrons. The summed E-state index contributed by atoms with van der Waals surface area (Å²) in [5, 5.41) is 5.39. The number of fused-ring (bicyclic) bond motifs is 2. The summed E-state index contributed by atoms with van der Waals surface area (Å²) < 4.78 is 27.8. The number of nitrogen functional groups attached to an aromatic ring is 1. The summed E-state index contributed by atoms with van der Waals surface area (Å²) >= 11 is 0. The largest absolute Gasteiger partial charge is 0.399 e. The van der Waals surface area contributed by atoms with E-state index in [4.69, 9.17) is 10.7 Å². The van der Waals surface area contributed by atoms with E-state index in [0.29, 0.717) is 12.2 Å². The predicted octanol–water partition coefficient (Wildman–Crippen LogP) is 5.99. The molecule has 6 nitrogen and oxygen atoms in total. The fourth-order valence-corrected chi connectivity index (χ4v) is 4.82. The van der Waals surface area contributed by atoms with E-state index in [-0.39, 0.29) is 17.3 Å². The molecule has 4 rings (SSSR count). The number of anilines is 3. The van der Waals surface area contributed by atoms with Crippen LogP contribution in [0.4, 0.5) is 17.1 Å². The lowest BCUT2D eigenvalue weighted by atomic mass is 10.1. The van der Waals surface area contributed by atoms with Crippen molar-refractivity contribution in [3.8, 4) is 0 Å². The molecule has 0 fully saturated rings. The zero-order chi connectivity index (χ0) is 22.6. The van der Waals surface area contributed by atoms with Crippen LogP contribution in [0.1, 0.15) is 32.6 Å². The van der Waals surface area contributed by atoms with E-state index in [1.54, 1.807) is 24.3 Å². The number of nitrogens with one attached hydrogen (secondary N) is 2. The highest BCUT2D eigenvalue weighted by atomic mass is 35.5. The van der Waals surface area contributed by atoms with Crippen molar-refractivity contribution in [3.63, 3.8) is 0 Å². The number of hydrogen-bond acceptors (Lipinski definition) is 5. The first-order chi connectivity index (χ1) is 15.5. The van der Waals surface area contributed by atoms with Crippen LogP contribution in [0.5, 0.6) is 0 Å². The Morgan fingerprint density at radius 1 is 0.879 bits per heavy atom. The highest BCUT2D eigenvalue weighted by molar-refractivity contribution is 7.89. The van der Waals surface area contributed by atoms with Gasteiger partial charge in [-0.2, -0.15) is 0 Å². The Morgan fingerprint density at radius 3 is 2.36 bits per heavy atom. The lowest BCUT2D eigenvalue weighted by Crippen LogP contribution is -2.24. The quantitative estimate of drug-likeness (QED) is 0.154. The maximum atomic E-state index is 12.6. The van der Waals surface area contributed by atoms with Crippen LogP contribution in [-0.4, -0.2) is 19.9 Å². The van der Waals surface area contributed by atoms with E-state index < -0.39 is 10.0 Å². The number of aromatic nitrogens is 1. The number of pyridine rings is 1. The Morgan fingerprint density at radius 2 is 1.61 bits per heavy atom. The number of nitrogens with two attached hydrogens (primary N) is 1. The maximum absolute atomic E-state index is 12.6. The molecular formula is C25H29ClN4O2S. The second kappa shape index (κ2) is 10.8. The smallest absolute Gasteiger partial charge is 0.240 e. The number of nitrogens with zero attached hydrogens (tertiary/aromatic N) is 1. The molecule has 0 amide bonds. The van der Waals surface area contributed by atoms with Crippen molar-refractivity contribution >= 4 is 61.3 Å². The van der Waals surface area contributed by atoms with Gasteiger partial charge >= 0.3 is 0 Å². The normalized spacial score (nSPS) is 11.4. The number of unbranched alkanes of at least 4 members (excludes halogenated alkanes) is 3. The first-order valence-corrected chi connectivity index (χ1v) is 12.4. The number of hydrogen-bond donors (Lipinski definition) is 3. The van der Waals surface area contributed by atoms with Gasteiger partial charge in [-0.3, -0.25) is 0 Å². The highest BCUT2D eigenvalue weighted by Crippen LogP contribution is 2.34. The summed E-state index contributed by atoms with van der Waals surface area (Å²) in [7, 11) is -3.51. The van der Waals surface area contributed by atoms with Gasteiger partial charge in [-0.15, -0.1) is 12.4 Å². The van der Waals surface area contributed by atoms with E-state index >= 15 is 0 Å². The van der Waals surface area contributed by atoms with Gasteiger partial charge in [0.05, 0.1) is 21.6 Å². The zero-order valence-corrected chi connectivity index (χ0v) is 20.2. The second-order valence-corrected chi connectivity index (χ2v) is 9.66. The molecule has 0 bridgehead atoms. The maximum Gasteiger partial charge on any atom is 0.240 e. The Bertz CT molecular complexity index is 1340. The molecule has 0 aliphatic carbocycles. The summed E-state index contributed by atoms with van der Waals surface area (Å²) in [6.07, 6.45) is 4.12. The van der Waals surface area contributed by atoms with Gasteiger partial charge in [-0.25, -0.2) is 18.1 Å². The number of para-hydroxylation sites is 1. The summed E-state index contributed by atoms with van der Waals surface area (Å²) in [4.78, 5) is 4.99. The van der Waals surface area contributed by atoms with E-state index in [9.17, 15) is 8.42 Å². The molecule has 1 heterocycles. The Labute approximate surface area is 201 Å². The van der Waals surface area contributed by atoms with Crippen molar-refractivity contribution in [1.82, 2.24) is 9.71 Å². The molecule has 33 heavy (non-hydrogen) atoms. The summed E-state index contributed by atoms with van der Waals surface area (Å²) in [5.74, 6) is 0. The molecule has 0 radical (unpaired) electrons. The van der Waals surface area contributed by atoms with E-state index in [1.165, 1.54) is 0 Å². The van der Waals surface area contributed by atoms with Gasteiger partial charge in [0, 0.05) is 28.7 Å². The Hall–Kier alpha value is -2.87. The third-order valence-electron chi connectivity index (χ3n) is 5.46. The van der Waals surface area contributed by atoms with Crippen LogP contribution in [0.3, 0.4) is 0 Å². The minimum absolute atomic E-state index is 0. The van der Waals surface area contributed by atoms with Gasteiger partial charge in [-0.1, -0.05) is 44.4 Å². The SMILES string of the molecule is CCCCCCNS(=O)(=O)c1ccc(Nc2c3ccccc3nc3cc(N)ccc23)cc1.Cl. The van der Waals surface area contributed by atoms with Crippen molar-refractivity contribution in [2.45, 2.75) is 37.5 Å². The molecule has 0 atom stereocenters. The Kier molecular flexibility index (Phi) is 8.13. The van der Waals surface area contributed by atoms with Gasteiger partial charge < -0.3 is 11.1 Å². The molecule has 0 aliphatic rings. The fraction of sp³-hybridized carbons (Fsp3) is 0.240. The number of sulfonamides is 1. The van der Waals surface area contributed by atoms with Crippen LogP contribution in [0.15, 0.2) is 71.6 Å². The second-order valence-electron chi connectivity index (χ2n) is 7.89. The molecular weight excluding hydrogens is 456 g/mol. The third kappa shape index (κ3) is 5.74. The summed E-state index contributed by atoms with van der Waals surface area (Å²) in [6.45, 7) is 2.59. The van der Waals surface area contributed by atoms with Crippen LogP contribution in [-0.2, 0) is 10.0 Å². The van der Waals surface area contributed by atoms with Gasteiger partial charge in [0.15, 0.2) is 0 Å². The average Bonchev–Trinajstić information content (AvgIpc) is 2.79. The minimum atomic E-state index is -3.51. The van der Waals surface area contributed by atoms with Gasteiger partial charge in [0.2, 0.25) is 10.0 Å². The van der Waals surface area contributed by atoms with Crippen LogP contribution < -0.4 is 15.8 Å². The fourth-order valence-electron chi connectivity index (χ4n) is 3.75. The molecule has 0 unspecified atom stereocenters. The predicted molar refractivity (Wildman–Crippen MR) is 140 cm³/mol. The van der Waals surface area contributed by atoms with Gasteiger partial charge in [-0.05, 0) is 55.0 Å². The van der Waals surface area contributed by atoms with Crippen molar-refractivity contribution in [2.24, 2.45) is 0 Å². The lowest BCUT2D eigenvalue weighted by Gasteiger charge is -2.14. The third-order valence-corrected chi connectivity index (χ3v) is 6.94. The van der Waals surface area contributed by atoms with Crippen LogP contribution >= 0.6 is 12.4 Å². The van der Waals surface area contributed by atoms with E-state index in [2.05, 4.69) is 17.0 Å². The molecule has 4 aromatic rings. The molecule has 0 spiro atoms. The van der Waals surface area contributed by atoms with Crippen LogP contribution in [0.25, 0.3) is 21.8 Å². The van der Waals surface area contributed by atoms with Crippen molar-refractivity contribution < 1.29 is 8.42 Å². The van der Waals surface area contributed by atoms with Crippen LogP contribution in [0.2, 0.25) is 0 Å². The summed E-state index contributed by atoms with van der Waals surface area (Å²) in [5.41, 5.74) is 9.99. The van der Waals surface area contributed by atoms with Gasteiger partial charge in [0.25, 0.3) is 0 Å². The number of benzene rings is 3. The van der Waals surface area contributed by atoms with Crippen LogP contribution in [0, 0.1) is 0 Å². The monoisotopic (exact) mass is 484 g/mol. The zero-order valence-electron chi connectivity index (χ0n) is 18.5. The molecule has 0 saturated heterocycles. The van der Waals surface area contributed by atoms with E-state index in [0.717, 1.165) is 58.9 Å². The van der Waals surface area contributed by atoms with E-state index in [1.807, 2.05) is 42.5 Å². The number of rotatable bonds is 9. The molecule has 3 aromatic carbocycles. The topological polar surface area (TPSA) is 97.1 Å². The molecule has 0 aliphatic heterocycles. The average molecular weight is 485 g/mol. The Balaban J connectivity index is 0.00000306. The summed E-state index contributed by atoms with van der Waals surface area (Å²) in [6, 6.07) is 20.4. The molecule has 4 N–H and O–H groups in total. The van der Waals surface area contributed by atoms with Gasteiger partial charge in [0.1, 0.15) is 0 Å². The molecule has 1 aromatic heterocycles. The minimum Gasteiger partial charge on any atom is -0.399 e. The highest BCUT2D eigenvalue weighted by Gasteiger charge is 2.14. The first-order valence-electron chi connectivity index (χ1n) is 10.9. The lowest BCUT2D eigenvalue weighted by molar-refractivity contribution is 0.573. The number of halogens is 1. The van der Waals surface area contributed by atoms with Crippen molar-refractivity contribution in [1.29, 1.82) is 0 Å². The van der Waals surface area contributed by atoms with Crippen molar-refractivity contribution in [2.75, 3.05) is 17.6 Å². The van der Waals surface area contributed by atoms with Crippen molar-refractivity contribution in [3.05, 3.63) is 66.7 Å². The first kappa shape index (κ1) is 24.8. The molecule has 8 heteroatoms. The standard InChI is InChI=1S/C25H28N4O2S.ClH/c1-2-3-4-7-16-27-32(30,31)20-13-11-19(12-14-20)28-25-21-8-5-6-9-23(21)29-24-17-18(26)10-15-22(24)25;/h5-6,8-15,17,27H,2-4,7,16,26H2,1H3,(H,28,29);1H.